The summed E-state index contributed by atoms with van der Waals surface area (Å²) in [6.07, 6.45) is 4.97. The topological polar surface area (TPSA) is 67.9 Å². The summed E-state index contributed by atoms with van der Waals surface area (Å²) in [7, 11) is 3.16. The van der Waals surface area contributed by atoms with Gasteiger partial charge in [0.15, 0.2) is 11.5 Å². The summed E-state index contributed by atoms with van der Waals surface area (Å²) in [4.78, 5) is 28.0. The molecule has 0 aromatic heterocycles. The Hall–Kier alpha value is -2.44. The minimum Gasteiger partial charge on any atom is -0.493 e. The van der Waals surface area contributed by atoms with Crippen molar-refractivity contribution in [2.75, 3.05) is 14.2 Å². The summed E-state index contributed by atoms with van der Waals surface area (Å²) in [6, 6.07) is 10.4. The van der Waals surface area contributed by atoms with Crippen molar-refractivity contribution in [1.29, 1.82) is 0 Å². The third-order valence-corrected chi connectivity index (χ3v) is 7.02. The van der Waals surface area contributed by atoms with Crippen molar-refractivity contribution >= 4 is 35.0 Å². The lowest BCUT2D eigenvalue weighted by molar-refractivity contribution is -0.140. The molecule has 0 aliphatic heterocycles. The van der Waals surface area contributed by atoms with Crippen LogP contribution >= 0.6 is 23.2 Å². The molecule has 1 atom stereocenters. The van der Waals surface area contributed by atoms with E-state index in [1.54, 1.807) is 38.2 Å². The molecule has 2 amide bonds. The first-order valence-corrected chi connectivity index (χ1v) is 12.3. The summed E-state index contributed by atoms with van der Waals surface area (Å²) >= 11 is 12.2. The minimum atomic E-state index is -0.618. The molecule has 8 heteroatoms. The van der Waals surface area contributed by atoms with Crippen LogP contribution in [0.2, 0.25) is 10.0 Å². The van der Waals surface area contributed by atoms with Crippen molar-refractivity contribution in [3.8, 4) is 11.5 Å². The summed E-state index contributed by atoms with van der Waals surface area (Å²) in [6.45, 7) is 2.04. The first-order chi connectivity index (χ1) is 16.3. The largest absolute Gasteiger partial charge is 0.493 e. The van der Waals surface area contributed by atoms with Crippen LogP contribution in [-0.2, 0) is 22.6 Å². The second kappa shape index (κ2) is 12.3. The Morgan fingerprint density at radius 2 is 1.68 bits per heavy atom. The van der Waals surface area contributed by atoms with Crippen LogP contribution in [0.3, 0.4) is 0 Å². The second-order valence-electron chi connectivity index (χ2n) is 8.63. The molecule has 34 heavy (non-hydrogen) atoms. The van der Waals surface area contributed by atoms with Gasteiger partial charge in [0.05, 0.1) is 24.3 Å². The first kappa shape index (κ1) is 26.2. The number of carbonyl (C=O) groups excluding carboxylic acids is 2. The normalized spacial score (nSPS) is 14.5. The number of hydrogen-bond donors (Lipinski definition) is 1. The van der Waals surface area contributed by atoms with E-state index in [2.05, 4.69) is 5.32 Å². The Balaban J connectivity index is 1.74. The van der Waals surface area contributed by atoms with E-state index < -0.39 is 6.04 Å². The number of carbonyl (C=O) groups is 2. The predicted octanol–water partition coefficient (Wildman–Crippen LogP) is 5.42. The quantitative estimate of drug-likeness (QED) is 0.467. The number of benzene rings is 2. The molecule has 1 aliphatic rings. The fraction of sp³-hybridized carbons (Fsp3) is 0.462. The fourth-order valence-electron chi connectivity index (χ4n) is 4.24. The van der Waals surface area contributed by atoms with Crippen LogP contribution in [0.15, 0.2) is 36.4 Å². The molecule has 2 aromatic rings. The number of methoxy groups -OCH3 is 2. The molecule has 0 bridgehead atoms. The molecular formula is C26H32Cl2N2O4. The first-order valence-electron chi connectivity index (χ1n) is 11.6. The van der Waals surface area contributed by atoms with Gasteiger partial charge in [-0.2, -0.15) is 0 Å². The highest BCUT2D eigenvalue weighted by atomic mass is 35.5. The van der Waals surface area contributed by atoms with Crippen LogP contribution in [0.1, 0.15) is 50.2 Å². The lowest BCUT2D eigenvalue weighted by Gasteiger charge is -2.30. The van der Waals surface area contributed by atoms with E-state index in [4.69, 9.17) is 32.7 Å². The van der Waals surface area contributed by atoms with Gasteiger partial charge in [-0.3, -0.25) is 9.59 Å². The van der Waals surface area contributed by atoms with Crippen LogP contribution in [0.25, 0.3) is 0 Å². The molecule has 6 nitrogen and oxygen atoms in total. The summed E-state index contributed by atoms with van der Waals surface area (Å²) < 4.78 is 10.7. The molecule has 0 unspecified atom stereocenters. The zero-order chi connectivity index (χ0) is 24.7. The number of ether oxygens (including phenoxy) is 2. The molecular weight excluding hydrogens is 475 g/mol. The summed E-state index contributed by atoms with van der Waals surface area (Å²) in [5.74, 6) is 1.00. The zero-order valence-electron chi connectivity index (χ0n) is 19.9. The number of aryl methyl sites for hydroxylation is 1. The Kier molecular flexibility index (Phi) is 9.48. The van der Waals surface area contributed by atoms with Gasteiger partial charge < -0.3 is 19.7 Å². The van der Waals surface area contributed by atoms with Gasteiger partial charge in [0, 0.05) is 19.0 Å². The van der Waals surface area contributed by atoms with Gasteiger partial charge in [-0.15, -0.1) is 0 Å². The maximum absolute atomic E-state index is 13.4. The second-order valence-corrected chi connectivity index (χ2v) is 9.44. The van der Waals surface area contributed by atoms with E-state index in [1.165, 1.54) is 0 Å². The van der Waals surface area contributed by atoms with E-state index in [0.717, 1.165) is 36.8 Å². The van der Waals surface area contributed by atoms with Crippen molar-refractivity contribution in [2.45, 2.75) is 64.1 Å². The van der Waals surface area contributed by atoms with Gasteiger partial charge in [0.25, 0.3) is 0 Å². The smallest absolute Gasteiger partial charge is 0.242 e. The van der Waals surface area contributed by atoms with Gasteiger partial charge in [-0.05, 0) is 61.6 Å². The number of amides is 2. The van der Waals surface area contributed by atoms with Gasteiger partial charge in [0.2, 0.25) is 11.8 Å². The molecule has 184 valence electrons. The van der Waals surface area contributed by atoms with Crippen LogP contribution in [-0.4, -0.2) is 43.0 Å². The SMILES string of the molecule is COc1ccc(CCC(=O)N(Cc2ccc(Cl)c(Cl)c2)[C@H](C)C(=O)NC2CCCC2)cc1OC. The Labute approximate surface area is 211 Å². The Morgan fingerprint density at radius 1 is 1.00 bits per heavy atom. The number of hydrogen-bond acceptors (Lipinski definition) is 4. The molecule has 0 heterocycles. The average molecular weight is 507 g/mol. The molecule has 1 saturated carbocycles. The standard InChI is InChI=1S/C26H32Cl2N2O4/c1-17(26(32)29-20-6-4-5-7-20)30(16-19-8-11-21(27)22(28)14-19)25(31)13-10-18-9-12-23(33-2)24(15-18)34-3/h8-9,11-12,14-15,17,20H,4-7,10,13,16H2,1-3H3,(H,29,32)/t17-/m1/s1. The monoisotopic (exact) mass is 506 g/mol. The predicted molar refractivity (Wildman–Crippen MR) is 135 cm³/mol. The molecule has 1 fully saturated rings. The Bertz CT molecular complexity index is 1010. The number of halogens is 2. The van der Waals surface area contributed by atoms with Crippen molar-refractivity contribution < 1.29 is 19.1 Å². The number of nitrogens with zero attached hydrogens (tertiary/aromatic N) is 1. The average Bonchev–Trinajstić information content (AvgIpc) is 3.35. The molecule has 2 aromatic carbocycles. The van der Waals surface area contributed by atoms with Gasteiger partial charge in [-0.25, -0.2) is 0 Å². The summed E-state index contributed by atoms with van der Waals surface area (Å²) in [5.41, 5.74) is 1.76. The maximum Gasteiger partial charge on any atom is 0.242 e. The van der Waals surface area contributed by atoms with Crippen LogP contribution in [0.4, 0.5) is 0 Å². The maximum atomic E-state index is 13.4. The van der Waals surface area contributed by atoms with Crippen molar-refractivity contribution in [2.24, 2.45) is 0 Å². The van der Waals surface area contributed by atoms with Crippen molar-refractivity contribution in [1.82, 2.24) is 10.2 Å². The Morgan fingerprint density at radius 3 is 2.32 bits per heavy atom. The van der Waals surface area contributed by atoms with Gasteiger partial charge >= 0.3 is 0 Å². The highest BCUT2D eigenvalue weighted by molar-refractivity contribution is 6.42. The molecule has 1 N–H and O–H groups in total. The van der Waals surface area contributed by atoms with Crippen molar-refractivity contribution in [3.05, 3.63) is 57.6 Å². The third-order valence-electron chi connectivity index (χ3n) is 6.28. The number of nitrogens with one attached hydrogen (secondary N) is 1. The lowest BCUT2D eigenvalue weighted by Crippen LogP contribution is -2.49. The van der Waals surface area contributed by atoms with E-state index in [1.807, 2.05) is 24.3 Å². The van der Waals surface area contributed by atoms with E-state index >= 15 is 0 Å². The molecule has 0 radical (unpaired) electrons. The van der Waals surface area contributed by atoms with Gasteiger partial charge in [-0.1, -0.05) is 48.2 Å². The van der Waals surface area contributed by atoms with Gasteiger partial charge in [0.1, 0.15) is 6.04 Å². The van der Waals surface area contributed by atoms with Crippen LogP contribution < -0.4 is 14.8 Å². The third kappa shape index (κ3) is 6.80. The minimum absolute atomic E-state index is 0.116. The molecule has 0 saturated heterocycles. The fourth-order valence-corrected chi connectivity index (χ4v) is 4.56. The van der Waals surface area contributed by atoms with Crippen LogP contribution in [0, 0.1) is 0 Å². The number of rotatable bonds is 10. The molecule has 3 rings (SSSR count). The van der Waals surface area contributed by atoms with E-state index in [0.29, 0.717) is 28.0 Å². The van der Waals surface area contributed by atoms with Crippen LogP contribution in [0.5, 0.6) is 11.5 Å². The zero-order valence-corrected chi connectivity index (χ0v) is 21.4. The summed E-state index contributed by atoms with van der Waals surface area (Å²) in [5, 5.41) is 3.98. The molecule has 1 aliphatic carbocycles. The lowest BCUT2D eigenvalue weighted by atomic mass is 10.1. The highest BCUT2D eigenvalue weighted by Gasteiger charge is 2.28. The van der Waals surface area contributed by atoms with Crippen molar-refractivity contribution in [3.63, 3.8) is 0 Å². The highest BCUT2D eigenvalue weighted by Crippen LogP contribution is 2.28. The van der Waals surface area contributed by atoms with E-state index in [-0.39, 0.29) is 30.8 Å². The van der Waals surface area contributed by atoms with E-state index in [9.17, 15) is 9.59 Å². The molecule has 0 spiro atoms.